The Morgan fingerprint density at radius 1 is 1.39 bits per heavy atom. The van der Waals surface area contributed by atoms with Crippen molar-refractivity contribution in [3.8, 4) is 6.07 Å². The number of halogens is 1. The van der Waals surface area contributed by atoms with E-state index >= 15 is 0 Å². The number of rotatable bonds is 4. The number of methoxy groups -OCH3 is 2. The third-order valence-electron chi connectivity index (χ3n) is 3.28. The van der Waals surface area contributed by atoms with Crippen molar-refractivity contribution >= 4 is 15.9 Å². The average molecular weight is 311 g/mol. The van der Waals surface area contributed by atoms with Crippen LogP contribution in [0.5, 0.6) is 0 Å². The zero-order valence-electron chi connectivity index (χ0n) is 10.4. The van der Waals surface area contributed by atoms with Crippen LogP contribution in [0, 0.1) is 11.3 Å². The van der Waals surface area contributed by atoms with Crippen LogP contribution in [0.1, 0.15) is 17.4 Å². The van der Waals surface area contributed by atoms with Gasteiger partial charge in [0.1, 0.15) is 5.41 Å². The van der Waals surface area contributed by atoms with E-state index in [0.717, 1.165) is 15.6 Å². The van der Waals surface area contributed by atoms with Gasteiger partial charge < -0.3 is 14.8 Å². The summed E-state index contributed by atoms with van der Waals surface area (Å²) in [6, 6.07) is 8.25. The molecule has 1 aromatic rings. The summed E-state index contributed by atoms with van der Waals surface area (Å²) in [7, 11) is 3.20. The van der Waals surface area contributed by atoms with Crippen LogP contribution >= 0.6 is 15.9 Å². The van der Waals surface area contributed by atoms with Crippen LogP contribution in [-0.4, -0.2) is 27.3 Å². The van der Waals surface area contributed by atoms with Crippen LogP contribution < -0.4 is 5.32 Å². The summed E-state index contributed by atoms with van der Waals surface area (Å²) in [5.41, 5.74) is 1.53. The number of benzene rings is 1. The van der Waals surface area contributed by atoms with Crippen molar-refractivity contribution in [3.05, 3.63) is 33.8 Å². The van der Waals surface area contributed by atoms with Crippen molar-refractivity contribution in [1.29, 1.82) is 5.26 Å². The monoisotopic (exact) mass is 310 g/mol. The van der Waals surface area contributed by atoms with Crippen molar-refractivity contribution in [3.63, 3.8) is 0 Å². The Bertz CT molecular complexity index is 476. The number of hydrogen-bond donors (Lipinski definition) is 1. The van der Waals surface area contributed by atoms with Gasteiger partial charge in [-0.1, -0.05) is 28.1 Å². The van der Waals surface area contributed by atoms with E-state index in [2.05, 4.69) is 27.3 Å². The molecule has 1 saturated heterocycles. The van der Waals surface area contributed by atoms with Gasteiger partial charge in [0.15, 0.2) is 6.29 Å². The normalized spacial score (nSPS) is 17.3. The van der Waals surface area contributed by atoms with E-state index in [-0.39, 0.29) is 6.29 Å². The molecule has 0 atom stereocenters. The summed E-state index contributed by atoms with van der Waals surface area (Å²) < 4.78 is 11.3. The lowest BCUT2D eigenvalue weighted by atomic mass is 9.76. The van der Waals surface area contributed by atoms with Gasteiger partial charge in [-0.15, -0.1) is 0 Å². The Labute approximate surface area is 115 Å². The molecule has 1 aliphatic heterocycles. The summed E-state index contributed by atoms with van der Waals surface area (Å²) in [4.78, 5) is 0. The van der Waals surface area contributed by atoms with Crippen LogP contribution in [0.3, 0.4) is 0 Å². The third kappa shape index (κ3) is 2.17. The van der Waals surface area contributed by atoms with Crippen LogP contribution in [0.2, 0.25) is 0 Å². The Hall–Kier alpha value is -0.930. The lowest BCUT2D eigenvalue weighted by molar-refractivity contribution is -0.106. The summed E-state index contributed by atoms with van der Waals surface area (Å²) in [6.07, 6.45) is -0.382. The minimum atomic E-state index is -0.410. The molecular formula is C13H15BrN2O2. The van der Waals surface area contributed by atoms with Crippen molar-refractivity contribution in [2.75, 3.05) is 27.3 Å². The van der Waals surface area contributed by atoms with Crippen molar-refractivity contribution in [2.24, 2.45) is 0 Å². The highest BCUT2D eigenvalue weighted by Gasteiger charge is 2.40. The second kappa shape index (κ2) is 5.37. The van der Waals surface area contributed by atoms with E-state index in [1.54, 1.807) is 14.2 Å². The van der Waals surface area contributed by atoms with Crippen LogP contribution in [0.15, 0.2) is 22.7 Å². The van der Waals surface area contributed by atoms with Gasteiger partial charge in [-0.25, -0.2) is 0 Å². The second-order valence-electron chi connectivity index (χ2n) is 4.34. The number of nitriles is 1. The molecular weight excluding hydrogens is 296 g/mol. The van der Waals surface area contributed by atoms with E-state index in [1.165, 1.54) is 0 Å². The zero-order valence-corrected chi connectivity index (χ0v) is 12.0. The van der Waals surface area contributed by atoms with E-state index < -0.39 is 5.41 Å². The Kier molecular flexibility index (Phi) is 4.03. The fraction of sp³-hybridized carbons (Fsp3) is 0.462. The molecule has 0 radical (unpaired) electrons. The quantitative estimate of drug-likeness (QED) is 0.865. The fourth-order valence-electron chi connectivity index (χ4n) is 2.14. The lowest BCUT2D eigenvalue weighted by Crippen LogP contribution is -2.56. The fourth-order valence-corrected chi connectivity index (χ4v) is 2.92. The number of hydrogen-bond acceptors (Lipinski definition) is 4. The largest absolute Gasteiger partial charge is 0.352 e. The molecule has 1 N–H and O–H groups in total. The molecule has 0 aromatic heterocycles. The molecule has 18 heavy (non-hydrogen) atoms. The maximum absolute atomic E-state index is 9.33. The first-order valence-electron chi connectivity index (χ1n) is 5.64. The lowest BCUT2D eigenvalue weighted by Gasteiger charge is -2.37. The topological polar surface area (TPSA) is 54.3 Å². The van der Waals surface area contributed by atoms with Crippen LogP contribution in [0.4, 0.5) is 0 Å². The molecule has 0 bridgehead atoms. The number of nitrogens with zero attached hydrogens (tertiary/aromatic N) is 1. The SMILES string of the molecule is COC(OC)c1ccc(C2(C#N)CNC2)c(Br)c1. The van der Waals surface area contributed by atoms with Gasteiger partial charge in [0.25, 0.3) is 0 Å². The zero-order chi connectivity index (χ0) is 13.2. The molecule has 5 heteroatoms. The van der Waals surface area contributed by atoms with E-state index in [9.17, 15) is 5.26 Å². The highest BCUT2D eigenvalue weighted by molar-refractivity contribution is 9.10. The molecule has 1 fully saturated rings. The number of ether oxygens (including phenoxy) is 2. The molecule has 4 nitrogen and oxygen atoms in total. The smallest absolute Gasteiger partial charge is 0.183 e. The van der Waals surface area contributed by atoms with E-state index in [4.69, 9.17) is 9.47 Å². The first kappa shape index (κ1) is 13.5. The predicted molar refractivity (Wildman–Crippen MR) is 71.1 cm³/mol. The van der Waals surface area contributed by atoms with Crippen molar-refractivity contribution < 1.29 is 9.47 Å². The standard InChI is InChI=1S/C13H15BrN2O2/c1-17-12(18-2)9-3-4-10(11(14)5-9)13(6-15)7-16-8-13/h3-5,12,16H,7-8H2,1-2H3. The third-order valence-corrected chi connectivity index (χ3v) is 3.93. The van der Waals surface area contributed by atoms with E-state index in [0.29, 0.717) is 13.1 Å². The minimum Gasteiger partial charge on any atom is -0.352 e. The predicted octanol–water partition coefficient (Wildman–Crippen LogP) is 2.11. The maximum Gasteiger partial charge on any atom is 0.183 e. The minimum absolute atomic E-state index is 0.382. The second-order valence-corrected chi connectivity index (χ2v) is 5.19. The molecule has 1 heterocycles. The van der Waals surface area contributed by atoms with Gasteiger partial charge >= 0.3 is 0 Å². The molecule has 96 valence electrons. The Morgan fingerprint density at radius 2 is 2.06 bits per heavy atom. The van der Waals surface area contributed by atoms with Gasteiger partial charge in [-0.3, -0.25) is 0 Å². The van der Waals surface area contributed by atoms with Crippen LogP contribution in [0.25, 0.3) is 0 Å². The average Bonchev–Trinajstić information content (AvgIpc) is 2.32. The maximum atomic E-state index is 9.33. The van der Waals surface area contributed by atoms with Gasteiger partial charge in [-0.2, -0.15) is 5.26 Å². The summed E-state index contributed by atoms with van der Waals surface area (Å²) >= 11 is 3.54. The molecule has 0 spiro atoms. The summed E-state index contributed by atoms with van der Waals surface area (Å²) in [5.74, 6) is 0. The van der Waals surface area contributed by atoms with Gasteiger partial charge in [-0.05, 0) is 11.6 Å². The van der Waals surface area contributed by atoms with E-state index in [1.807, 2.05) is 18.2 Å². The van der Waals surface area contributed by atoms with Crippen molar-refractivity contribution in [2.45, 2.75) is 11.7 Å². The first-order valence-corrected chi connectivity index (χ1v) is 6.43. The summed E-state index contributed by atoms with van der Waals surface area (Å²) in [6.45, 7) is 1.39. The number of nitrogens with one attached hydrogen (secondary N) is 1. The molecule has 0 unspecified atom stereocenters. The van der Waals surface area contributed by atoms with Gasteiger partial charge in [0.2, 0.25) is 0 Å². The molecule has 0 amide bonds. The summed E-state index contributed by atoms with van der Waals surface area (Å²) in [5, 5.41) is 12.5. The highest BCUT2D eigenvalue weighted by Crippen LogP contribution is 2.35. The highest BCUT2D eigenvalue weighted by atomic mass is 79.9. The van der Waals surface area contributed by atoms with Gasteiger partial charge in [0, 0.05) is 37.3 Å². The molecule has 0 saturated carbocycles. The molecule has 1 aliphatic rings. The Morgan fingerprint density at radius 3 is 2.44 bits per heavy atom. The van der Waals surface area contributed by atoms with Crippen molar-refractivity contribution in [1.82, 2.24) is 5.32 Å². The molecule has 2 rings (SSSR count). The Balaban J connectivity index is 2.34. The van der Waals surface area contributed by atoms with Crippen LogP contribution in [-0.2, 0) is 14.9 Å². The molecule has 0 aliphatic carbocycles. The van der Waals surface area contributed by atoms with Gasteiger partial charge in [0.05, 0.1) is 6.07 Å². The first-order chi connectivity index (χ1) is 8.66. The molecule has 1 aromatic carbocycles.